The molecule has 4 N–H and O–H groups in total. The second kappa shape index (κ2) is 13.3. The molecule has 1 saturated heterocycles. The molecule has 0 saturated carbocycles. The summed E-state index contributed by atoms with van der Waals surface area (Å²) in [6, 6.07) is 1.43. The number of benzene rings is 2. The molecule has 0 spiro atoms. The topological polar surface area (TPSA) is 166 Å². The Morgan fingerprint density at radius 2 is 1.78 bits per heavy atom. The molecule has 2 aromatic rings. The number of carbonyl (C=O) groups is 2. The third kappa shape index (κ3) is 6.19. The highest BCUT2D eigenvalue weighted by Crippen LogP contribution is 2.57. The fraction of sp³-hybridized carbons (Fsp3) is 0.528. The van der Waals surface area contributed by atoms with Gasteiger partial charge < -0.3 is 44.7 Å². The number of phenols is 2. The fourth-order valence-electron chi connectivity index (χ4n) is 7.34. The van der Waals surface area contributed by atoms with E-state index in [1.165, 1.54) is 0 Å². The smallest absolute Gasteiger partial charge is 0.408 e. The number of rotatable bonds is 8. The first-order chi connectivity index (χ1) is 23.1. The summed E-state index contributed by atoms with van der Waals surface area (Å²) in [5, 5.41) is 39.5. The van der Waals surface area contributed by atoms with Crippen molar-refractivity contribution < 1.29 is 38.7 Å². The van der Waals surface area contributed by atoms with Crippen molar-refractivity contribution in [3.05, 3.63) is 50.7 Å². The van der Waals surface area contributed by atoms with Gasteiger partial charge in [0.05, 0.1) is 25.3 Å². The number of phenolic OH excluding ortho intramolecular Hbond substituents is 2. The van der Waals surface area contributed by atoms with Gasteiger partial charge in [0.2, 0.25) is 5.91 Å². The first kappa shape index (κ1) is 35.6. The van der Waals surface area contributed by atoms with Crippen molar-refractivity contribution in [3.63, 3.8) is 0 Å². The van der Waals surface area contributed by atoms with Crippen LogP contribution in [-0.4, -0.2) is 90.3 Å². The number of nitriles is 1. The number of alkyl carbamates (subject to hydrolysis) is 1. The minimum atomic E-state index is -0.948. The Bertz CT molecular complexity index is 1740. The summed E-state index contributed by atoms with van der Waals surface area (Å²) in [5.74, 6) is 0.578. The molecule has 3 aliphatic rings. The van der Waals surface area contributed by atoms with Crippen molar-refractivity contribution in [2.24, 2.45) is 0 Å². The molecule has 5 rings (SSSR count). The number of fused-ring (bicyclic) bond motifs is 7. The van der Waals surface area contributed by atoms with Crippen LogP contribution in [0.4, 0.5) is 4.79 Å². The number of hydrogen-bond donors (Lipinski definition) is 4. The molecule has 3 heterocycles. The number of aryl methyl sites for hydroxylation is 1. The molecule has 0 aliphatic carbocycles. The van der Waals surface area contributed by atoms with Gasteiger partial charge in [-0.05, 0) is 90.3 Å². The predicted octanol–water partition coefficient (Wildman–Crippen LogP) is 4.24. The lowest BCUT2D eigenvalue weighted by Gasteiger charge is -2.57. The van der Waals surface area contributed by atoms with Crippen LogP contribution in [0.2, 0.25) is 0 Å². The molecule has 1 fully saturated rings. The van der Waals surface area contributed by atoms with E-state index >= 15 is 0 Å². The molecule has 0 aromatic heterocycles. The monoisotopic (exact) mass is 677 g/mol. The van der Waals surface area contributed by atoms with Crippen molar-refractivity contribution in [1.82, 2.24) is 20.4 Å². The van der Waals surface area contributed by atoms with Crippen LogP contribution in [0.15, 0.2) is 11.8 Å². The number of methoxy groups -OCH3 is 2. The zero-order chi connectivity index (χ0) is 36.1. The van der Waals surface area contributed by atoms with E-state index in [4.69, 9.17) is 18.9 Å². The standard InChI is InChI=1S/C36H47N5O8/c1-17-11-21-12-23-25(14-37)41-24(29(40(23)8)27(21)33(32(17)47-10)48-16-46-9)13-22-28(31(43)19(3)18(2)30(22)42)26(41)15-38-34(44)20(4)39-35(45)49-36(5,6)7/h11,13,20,23,25-26,29,42-43H,12,15-16H2,1-10H3,(H,38,44)(H,39,45)/t20-,23-,25-,26-,29-/m0/s1. The average molecular weight is 678 g/mol. The normalized spacial score (nSPS) is 21.7. The van der Waals surface area contributed by atoms with Crippen molar-refractivity contribution >= 4 is 18.1 Å². The number of likely N-dealkylation sites (N-methyl/N-ethyl adjacent to an activating group) is 1. The van der Waals surface area contributed by atoms with Gasteiger partial charge in [0, 0.05) is 42.1 Å². The molecule has 264 valence electrons. The van der Waals surface area contributed by atoms with Gasteiger partial charge >= 0.3 is 6.09 Å². The summed E-state index contributed by atoms with van der Waals surface area (Å²) in [7, 11) is 5.09. The Hall–Kier alpha value is -4.67. The quantitative estimate of drug-likeness (QED) is 0.233. The Balaban J connectivity index is 1.65. The molecule has 2 amide bonds. The van der Waals surface area contributed by atoms with Gasteiger partial charge in [0.15, 0.2) is 18.3 Å². The Kier molecular flexibility index (Phi) is 9.69. The van der Waals surface area contributed by atoms with E-state index in [0.29, 0.717) is 45.9 Å². The van der Waals surface area contributed by atoms with Crippen molar-refractivity contribution in [2.75, 3.05) is 34.6 Å². The second-order valence-corrected chi connectivity index (χ2v) is 14.0. The minimum absolute atomic E-state index is 0.000368. The number of nitrogens with zero attached hydrogens (tertiary/aromatic N) is 3. The summed E-state index contributed by atoms with van der Waals surface area (Å²) in [5.41, 5.74) is 4.49. The van der Waals surface area contributed by atoms with E-state index in [2.05, 4.69) is 27.7 Å². The zero-order valence-corrected chi connectivity index (χ0v) is 29.8. The van der Waals surface area contributed by atoms with Crippen molar-refractivity contribution in [3.8, 4) is 29.1 Å². The largest absolute Gasteiger partial charge is 0.507 e. The number of aromatic hydroxyl groups is 2. The van der Waals surface area contributed by atoms with Gasteiger partial charge in [-0.25, -0.2) is 4.79 Å². The number of ether oxygens (including phenoxy) is 4. The van der Waals surface area contributed by atoms with Gasteiger partial charge in [-0.1, -0.05) is 6.07 Å². The van der Waals surface area contributed by atoms with Crippen LogP contribution in [0.1, 0.15) is 78.7 Å². The predicted molar refractivity (Wildman–Crippen MR) is 181 cm³/mol. The number of hydrogen-bond acceptors (Lipinski definition) is 11. The zero-order valence-electron chi connectivity index (χ0n) is 29.8. The number of nitrogens with one attached hydrogen (secondary N) is 2. The highest BCUT2D eigenvalue weighted by Gasteiger charge is 2.53. The molecule has 13 nitrogen and oxygen atoms in total. The minimum Gasteiger partial charge on any atom is -0.507 e. The van der Waals surface area contributed by atoms with E-state index in [9.17, 15) is 25.1 Å². The van der Waals surface area contributed by atoms with Crippen LogP contribution >= 0.6 is 0 Å². The summed E-state index contributed by atoms with van der Waals surface area (Å²) in [6.45, 7) is 12.1. The third-order valence-electron chi connectivity index (χ3n) is 9.71. The molecule has 5 atom stereocenters. The molecule has 13 heteroatoms. The van der Waals surface area contributed by atoms with Gasteiger partial charge in [0.1, 0.15) is 29.2 Å². The van der Waals surface area contributed by atoms with Crippen molar-refractivity contribution in [2.45, 2.75) is 90.7 Å². The molecule has 2 aromatic carbocycles. The molecule has 49 heavy (non-hydrogen) atoms. The van der Waals surface area contributed by atoms with Gasteiger partial charge in [-0.2, -0.15) is 5.26 Å². The molecule has 2 bridgehead atoms. The molecule has 3 aliphatic heterocycles. The molecule has 0 unspecified atom stereocenters. The van der Waals surface area contributed by atoms with Crippen LogP contribution in [-0.2, 0) is 20.7 Å². The first-order valence-corrected chi connectivity index (χ1v) is 16.3. The van der Waals surface area contributed by atoms with E-state index in [-0.39, 0.29) is 30.9 Å². The van der Waals surface area contributed by atoms with E-state index < -0.39 is 41.8 Å². The Morgan fingerprint density at radius 1 is 1.10 bits per heavy atom. The van der Waals surface area contributed by atoms with E-state index in [1.807, 2.05) is 24.9 Å². The Labute approximate surface area is 287 Å². The average Bonchev–Trinajstić information content (AvgIpc) is 3.03. The third-order valence-corrected chi connectivity index (χ3v) is 9.71. The van der Waals surface area contributed by atoms with E-state index in [0.717, 1.165) is 16.7 Å². The maximum Gasteiger partial charge on any atom is 0.408 e. The molecular weight excluding hydrogens is 630 g/mol. The lowest BCUT2D eigenvalue weighted by molar-refractivity contribution is -0.123. The highest BCUT2D eigenvalue weighted by molar-refractivity contribution is 5.85. The first-order valence-electron chi connectivity index (χ1n) is 16.3. The molecular formula is C36H47N5O8. The maximum absolute atomic E-state index is 13.4. The van der Waals surface area contributed by atoms with E-state index in [1.54, 1.807) is 55.8 Å². The van der Waals surface area contributed by atoms with Gasteiger partial charge in [0.25, 0.3) is 0 Å². The summed E-state index contributed by atoms with van der Waals surface area (Å²) in [6.07, 6.45) is 1.61. The second-order valence-electron chi connectivity index (χ2n) is 14.0. The fourth-order valence-corrected chi connectivity index (χ4v) is 7.34. The lowest BCUT2D eigenvalue weighted by Crippen LogP contribution is -2.62. The summed E-state index contributed by atoms with van der Waals surface area (Å²) >= 11 is 0. The van der Waals surface area contributed by atoms with Crippen LogP contribution in [0.5, 0.6) is 23.0 Å². The molecule has 0 radical (unpaired) electrons. The van der Waals surface area contributed by atoms with Crippen molar-refractivity contribution in [1.29, 1.82) is 5.26 Å². The Morgan fingerprint density at radius 3 is 2.39 bits per heavy atom. The number of carbonyl (C=O) groups excluding carboxylic acids is 2. The van der Waals surface area contributed by atoms with Gasteiger partial charge in [-0.15, -0.1) is 0 Å². The summed E-state index contributed by atoms with van der Waals surface area (Å²) < 4.78 is 22.6. The van der Waals surface area contributed by atoms with Crippen LogP contribution in [0.3, 0.4) is 0 Å². The number of amides is 2. The van der Waals surface area contributed by atoms with Crippen LogP contribution in [0.25, 0.3) is 6.08 Å². The summed E-state index contributed by atoms with van der Waals surface area (Å²) in [4.78, 5) is 29.9. The number of piperazine rings is 1. The van der Waals surface area contributed by atoms with Crippen LogP contribution in [0, 0.1) is 32.1 Å². The lowest BCUT2D eigenvalue weighted by atomic mass is 9.75. The van der Waals surface area contributed by atoms with Gasteiger partial charge in [-0.3, -0.25) is 9.69 Å². The van der Waals surface area contributed by atoms with Crippen LogP contribution < -0.4 is 20.1 Å². The maximum atomic E-state index is 13.4. The SMILES string of the molecule is COCOc1c(OC)c(C)cc2c1[C@@H]1C3=Cc4c(O)c(C)c(C)c(O)c4[C@H](CNC(=O)[C@H](C)NC(=O)OC(C)(C)C)N3[C@@H](C#N)[C@H](C2)N1C. The highest BCUT2D eigenvalue weighted by atomic mass is 16.7.